The van der Waals surface area contributed by atoms with Gasteiger partial charge in [0.1, 0.15) is 5.75 Å². The summed E-state index contributed by atoms with van der Waals surface area (Å²) in [6, 6.07) is 7.72. The molecule has 0 bridgehead atoms. The fourth-order valence-electron chi connectivity index (χ4n) is 1.38. The maximum Gasteiger partial charge on any atom is 0.119 e. The van der Waals surface area contributed by atoms with Crippen LogP contribution in [0.2, 0.25) is 0 Å². The van der Waals surface area contributed by atoms with Gasteiger partial charge in [-0.3, -0.25) is 0 Å². The van der Waals surface area contributed by atoms with Crippen LogP contribution in [-0.2, 0) is 6.42 Å². The first kappa shape index (κ1) is 12.0. The molecule has 1 rings (SSSR count). The highest BCUT2D eigenvalue weighted by atomic mass is 16.5. The fourth-order valence-corrected chi connectivity index (χ4v) is 1.38. The fraction of sp³-hybridized carbons (Fsp3) is 0.500. The Bertz CT molecular complexity index is 293. The second-order valence-corrected chi connectivity index (χ2v) is 3.95. The zero-order chi connectivity index (χ0) is 11.3. The molecule has 0 aromatic heterocycles. The Balaban J connectivity index is 2.64. The minimum Gasteiger partial charge on any atom is -0.494 e. The molecule has 0 saturated carbocycles. The molecule has 0 fully saturated rings. The largest absolute Gasteiger partial charge is 0.494 e. The van der Waals surface area contributed by atoms with Gasteiger partial charge in [-0.25, -0.2) is 0 Å². The minimum absolute atomic E-state index is 0.264. The molecule has 0 saturated heterocycles. The predicted molar refractivity (Wildman–Crippen MR) is 61.0 cm³/mol. The van der Waals surface area contributed by atoms with Crippen molar-refractivity contribution in [3.63, 3.8) is 0 Å². The van der Waals surface area contributed by atoms with E-state index in [1.807, 2.05) is 31.2 Å². The molecule has 3 heteroatoms. The van der Waals surface area contributed by atoms with Gasteiger partial charge in [0, 0.05) is 13.0 Å². The highest BCUT2D eigenvalue weighted by Gasteiger charge is 2.18. The summed E-state index contributed by atoms with van der Waals surface area (Å²) < 4.78 is 5.33. The van der Waals surface area contributed by atoms with Crippen LogP contribution in [0, 0.1) is 0 Å². The molecule has 0 aliphatic carbocycles. The third kappa shape index (κ3) is 3.90. The summed E-state index contributed by atoms with van der Waals surface area (Å²) in [6.45, 7) is 4.62. The average Bonchev–Trinajstić information content (AvgIpc) is 2.21. The van der Waals surface area contributed by atoms with E-state index in [1.54, 1.807) is 6.92 Å². The topological polar surface area (TPSA) is 55.5 Å². The van der Waals surface area contributed by atoms with Crippen molar-refractivity contribution < 1.29 is 9.84 Å². The van der Waals surface area contributed by atoms with Gasteiger partial charge in [-0.05, 0) is 31.5 Å². The van der Waals surface area contributed by atoms with Crippen LogP contribution in [0.15, 0.2) is 24.3 Å². The third-order valence-electron chi connectivity index (χ3n) is 2.26. The lowest BCUT2D eigenvalue weighted by Gasteiger charge is -2.20. The van der Waals surface area contributed by atoms with E-state index >= 15 is 0 Å². The first-order chi connectivity index (χ1) is 7.07. The van der Waals surface area contributed by atoms with Crippen molar-refractivity contribution in [3.05, 3.63) is 29.8 Å². The van der Waals surface area contributed by atoms with Gasteiger partial charge in [-0.1, -0.05) is 12.1 Å². The lowest BCUT2D eigenvalue weighted by atomic mass is 9.97. The average molecular weight is 209 g/mol. The van der Waals surface area contributed by atoms with Crippen LogP contribution >= 0.6 is 0 Å². The molecule has 1 aromatic rings. The molecular weight excluding hydrogens is 190 g/mol. The van der Waals surface area contributed by atoms with Gasteiger partial charge in [-0.15, -0.1) is 0 Å². The van der Waals surface area contributed by atoms with Crippen molar-refractivity contribution in [2.75, 3.05) is 13.2 Å². The summed E-state index contributed by atoms with van der Waals surface area (Å²) in [7, 11) is 0. The van der Waals surface area contributed by atoms with Crippen LogP contribution in [0.1, 0.15) is 19.4 Å². The molecule has 84 valence electrons. The summed E-state index contributed by atoms with van der Waals surface area (Å²) in [5, 5.41) is 9.79. The molecule has 0 heterocycles. The van der Waals surface area contributed by atoms with Crippen molar-refractivity contribution in [2.24, 2.45) is 5.73 Å². The molecule has 0 amide bonds. The quantitative estimate of drug-likeness (QED) is 0.769. The standard InChI is InChI=1S/C12H19NO2/c1-3-15-11-6-4-10(5-7-11)8-12(2,14)9-13/h4-7,14H,3,8-9,13H2,1-2H3. The molecule has 3 nitrogen and oxygen atoms in total. The molecule has 1 unspecified atom stereocenters. The molecule has 0 spiro atoms. The van der Waals surface area contributed by atoms with E-state index < -0.39 is 5.60 Å². The van der Waals surface area contributed by atoms with Gasteiger partial charge in [0.15, 0.2) is 0 Å². The summed E-state index contributed by atoms with van der Waals surface area (Å²) in [6.07, 6.45) is 0.565. The van der Waals surface area contributed by atoms with Crippen molar-refractivity contribution in [3.8, 4) is 5.75 Å². The predicted octanol–water partition coefficient (Wildman–Crippen LogP) is 1.34. The normalized spacial score (nSPS) is 14.7. The summed E-state index contributed by atoms with van der Waals surface area (Å²) >= 11 is 0. The summed E-state index contributed by atoms with van der Waals surface area (Å²) in [4.78, 5) is 0. The van der Waals surface area contributed by atoms with Gasteiger partial charge >= 0.3 is 0 Å². The highest BCUT2D eigenvalue weighted by Crippen LogP contribution is 2.16. The molecule has 3 N–H and O–H groups in total. The van der Waals surface area contributed by atoms with Crippen molar-refractivity contribution >= 4 is 0 Å². The molecule has 1 aromatic carbocycles. The van der Waals surface area contributed by atoms with E-state index in [9.17, 15) is 5.11 Å². The first-order valence-electron chi connectivity index (χ1n) is 5.21. The zero-order valence-corrected chi connectivity index (χ0v) is 9.36. The van der Waals surface area contributed by atoms with Gasteiger partial charge in [-0.2, -0.15) is 0 Å². The molecule has 0 aliphatic rings. The number of hydrogen-bond acceptors (Lipinski definition) is 3. The number of ether oxygens (including phenoxy) is 1. The Morgan fingerprint density at radius 2 is 1.93 bits per heavy atom. The monoisotopic (exact) mass is 209 g/mol. The van der Waals surface area contributed by atoms with Gasteiger partial charge < -0.3 is 15.6 Å². The lowest BCUT2D eigenvalue weighted by molar-refractivity contribution is 0.0696. The van der Waals surface area contributed by atoms with E-state index in [1.165, 1.54) is 0 Å². The SMILES string of the molecule is CCOc1ccc(CC(C)(O)CN)cc1. The molecule has 15 heavy (non-hydrogen) atoms. The third-order valence-corrected chi connectivity index (χ3v) is 2.26. The van der Waals surface area contributed by atoms with Gasteiger partial charge in [0.25, 0.3) is 0 Å². The van der Waals surface area contributed by atoms with Crippen LogP contribution in [0.25, 0.3) is 0 Å². The van der Waals surface area contributed by atoms with E-state index in [-0.39, 0.29) is 6.54 Å². The van der Waals surface area contributed by atoms with Crippen LogP contribution < -0.4 is 10.5 Å². The van der Waals surface area contributed by atoms with Crippen LogP contribution in [0.5, 0.6) is 5.75 Å². The number of hydrogen-bond donors (Lipinski definition) is 2. The van der Waals surface area contributed by atoms with Crippen molar-refractivity contribution in [1.29, 1.82) is 0 Å². The maximum absolute atomic E-state index is 9.79. The number of nitrogens with two attached hydrogens (primary N) is 1. The van der Waals surface area contributed by atoms with Crippen molar-refractivity contribution in [2.45, 2.75) is 25.9 Å². The number of benzene rings is 1. The maximum atomic E-state index is 9.79. The second-order valence-electron chi connectivity index (χ2n) is 3.95. The zero-order valence-electron chi connectivity index (χ0n) is 9.36. The number of aliphatic hydroxyl groups is 1. The Hall–Kier alpha value is -1.06. The molecule has 0 aliphatic heterocycles. The van der Waals surface area contributed by atoms with Crippen LogP contribution in [0.4, 0.5) is 0 Å². The number of rotatable bonds is 5. The van der Waals surface area contributed by atoms with Gasteiger partial charge in [0.2, 0.25) is 0 Å². The van der Waals surface area contributed by atoms with Crippen molar-refractivity contribution in [1.82, 2.24) is 0 Å². The Morgan fingerprint density at radius 1 is 1.33 bits per heavy atom. The molecular formula is C12H19NO2. The Kier molecular flexibility index (Phi) is 4.12. The van der Waals surface area contributed by atoms with Crippen LogP contribution in [0.3, 0.4) is 0 Å². The lowest BCUT2D eigenvalue weighted by Crippen LogP contribution is -2.36. The summed E-state index contributed by atoms with van der Waals surface area (Å²) in [5.41, 5.74) is 5.69. The van der Waals surface area contributed by atoms with E-state index in [4.69, 9.17) is 10.5 Å². The first-order valence-corrected chi connectivity index (χ1v) is 5.21. The molecule has 0 radical (unpaired) electrons. The van der Waals surface area contributed by atoms with E-state index in [0.717, 1.165) is 11.3 Å². The van der Waals surface area contributed by atoms with Gasteiger partial charge in [0.05, 0.1) is 12.2 Å². The highest BCUT2D eigenvalue weighted by molar-refractivity contribution is 5.28. The van der Waals surface area contributed by atoms with Crippen LogP contribution in [-0.4, -0.2) is 23.9 Å². The second kappa shape index (κ2) is 5.14. The van der Waals surface area contributed by atoms with E-state index in [2.05, 4.69) is 0 Å². The Labute approximate surface area is 90.9 Å². The smallest absolute Gasteiger partial charge is 0.119 e. The molecule has 1 atom stereocenters. The Morgan fingerprint density at radius 3 is 2.40 bits per heavy atom. The summed E-state index contributed by atoms with van der Waals surface area (Å²) in [5.74, 6) is 0.855. The minimum atomic E-state index is -0.826. The van der Waals surface area contributed by atoms with E-state index in [0.29, 0.717) is 13.0 Å².